The van der Waals surface area contributed by atoms with Crippen molar-refractivity contribution in [2.45, 2.75) is 32.6 Å². The number of rotatable bonds is 5. The quantitative estimate of drug-likeness (QED) is 0.764. The molecular formula is C20H20O. The lowest BCUT2D eigenvalue weighted by molar-refractivity contribution is -0.118. The molecule has 1 aliphatic rings. The maximum absolute atomic E-state index is 11.8. The molecule has 1 nitrogen and oxygen atoms in total. The number of fused-ring (bicyclic) bond motifs is 1. The van der Waals surface area contributed by atoms with Crippen LogP contribution in [0.2, 0.25) is 0 Å². The molecule has 0 unspecified atom stereocenters. The number of hydrogen-bond donors (Lipinski definition) is 0. The van der Waals surface area contributed by atoms with E-state index in [-0.39, 0.29) is 0 Å². The first-order valence-electron chi connectivity index (χ1n) is 7.67. The van der Waals surface area contributed by atoms with E-state index in [1.165, 1.54) is 22.3 Å². The number of ketones is 1. The highest BCUT2D eigenvalue weighted by Gasteiger charge is 2.12. The SMILES string of the molecule is CCCC(=O)Cc1cccc(-c2cccc3c2CC=C3)c1. The van der Waals surface area contributed by atoms with E-state index in [2.05, 4.69) is 61.5 Å². The van der Waals surface area contributed by atoms with Crippen LogP contribution in [0, 0.1) is 0 Å². The van der Waals surface area contributed by atoms with Gasteiger partial charge in [0.2, 0.25) is 0 Å². The van der Waals surface area contributed by atoms with Crippen molar-refractivity contribution in [3.8, 4) is 11.1 Å². The topological polar surface area (TPSA) is 17.1 Å². The summed E-state index contributed by atoms with van der Waals surface area (Å²) in [6, 6.07) is 14.9. The second kappa shape index (κ2) is 6.09. The van der Waals surface area contributed by atoms with Crippen molar-refractivity contribution in [3.63, 3.8) is 0 Å². The van der Waals surface area contributed by atoms with Crippen molar-refractivity contribution in [1.29, 1.82) is 0 Å². The standard InChI is InChI=1S/C20H20O/c1-2-6-18(21)14-15-7-3-10-17(13-15)20-12-5-9-16-8-4-11-19(16)20/h3-5,7-10,12-13H,2,6,11,14H2,1H3. The van der Waals surface area contributed by atoms with Gasteiger partial charge in [0.15, 0.2) is 0 Å². The van der Waals surface area contributed by atoms with Crippen molar-refractivity contribution in [2.24, 2.45) is 0 Å². The summed E-state index contributed by atoms with van der Waals surface area (Å²) in [5.41, 5.74) is 6.35. The molecule has 3 rings (SSSR count). The molecule has 0 amide bonds. The summed E-state index contributed by atoms with van der Waals surface area (Å²) in [7, 11) is 0. The molecule has 0 fully saturated rings. The Morgan fingerprint density at radius 1 is 1.14 bits per heavy atom. The minimum atomic E-state index is 0.328. The Bertz CT molecular complexity index is 695. The average Bonchev–Trinajstić information content (AvgIpc) is 2.96. The average molecular weight is 276 g/mol. The second-order valence-corrected chi connectivity index (χ2v) is 5.65. The Morgan fingerprint density at radius 3 is 2.86 bits per heavy atom. The van der Waals surface area contributed by atoms with Crippen molar-refractivity contribution < 1.29 is 4.79 Å². The first kappa shape index (κ1) is 13.8. The van der Waals surface area contributed by atoms with Gasteiger partial charge in [-0.1, -0.05) is 61.5 Å². The van der Waals surface area contributed by atoms with Gasteiger partial charge in [-0.25, -0.2) is 0 Å². The fourth-order valence-corrected chi connectivity index (χ4v) is 3.01. The van der Waals surface area contributed by atoms with Gasteiger partial charge < -0.3 is 0 Å². The maximum atomic E-state index is 11.8. The van der Waals surface area contributed by atoms with Gasteiger partial charge >= 0.3 is 0 Å². The molecule has 0 saturated heterocycles. The molecule has 1 aliphatic carbocycles. The van der Waals surface area contributed by atoms with Crippen LogP contribution in [0.1, 0.15) is 36.5 Å². The predicted octanol–water partition coefficient (Wildman–Crippen LogP) is 4.83. The van der Waals surface area contributed by atoms with Crippen molar-refractivity contribution >= 4 is 11.9 Å². The van der Waals surface area contributed by atoms with Gasteiger partial charge in [-0.3, -0.25) is 4.79 Å². The minimum Gasteiger partial charge on any atom is -0.299 e. The highest BCUT2D eigenvalue weighted by atomic mass is 16.1. The van der Waals surface area contributed by atoms with E-state index in [1.807, 2.05) is 0 Å². The molecule has 0 bridgehead atoms. The zero-order valence-corrected chi connectivity index (χ0v) is 12.4. The van der Waals surface area contributed by atoms with E-state index < -0.39 is 0 Å². The summed E-state index contributed by atoms with van der Waals surface area (Å²) >= 11 is 0. The zero-order valence-electron chi connectivity index (χ0n) is 12.4. The monoisotopic (exact) mass is 276 g/mol. The number of allylic oxidation sites excluding steroid dienone is 1. The van der Waals surface area contributed by atoms with Gasteiger partial charge in [-0.2, -0.15) is 0 Å². The normalized spacial score (nSPS) is 12.4. The van der Waals surface area contributed by atoms with E-state index in [0.29, 0.717) is 18.6 Å². The predicted molar refractivity (Wildman–Crippen MR) is 88.2 cm³/mol. The van der Waals surface area contributed by atoms with Crippen LogP contribution in [0.3, 0.4) is 0 Å². The van der Waals surface area contributed by atoms with Crippen LogP contribution in [0.5, 0.6) is 0 Å². The fraction of sp³-hybridized carbons (Fsp3) is 0.250. The lowest BCUT2D eigenvalue weighted by Crippen LogP contribution is -2.01. The molecule has 0 aliphatic heterocycles. The number of benzene rings is 2. The van der Waals surface area contributed by atoms with Crippen LogP contribution < -0.4 is 0 Å². The van der Waals surface area contributed by atoms with Gasteiger partial charge in [0.05, 0.1) is 0 Å². The molecule has 0 aromatic heterocycles. The van der Waals surface area contributed by atoms with Gasteiger partial charge in [-0.15, -0.1) is 0 Å². The molecule has 0 atom stereocenters. The smallest absolute Gasteiger partial charge is 0.137 e. The molecule has 1 heteroatoms. The molecule has 0 heterocycles. The molecule has 0 radical (unpaired) electrons. The fourth-order valence-electron chi connectivity index (χ4n) is 3.01. The number of carbonyl (C=O) groups excluding carboxylic acids is 1. The van der Waals surface area contributed by atoms with Crippen molar-refractivity contribution in [3.05, 3.63) is 65.2 Å². The maximum Gasteiger partial charge on any atom is 0.137 e. The highest BCUT2D eigenvalue weighted by Crippen LogP contribution is 2.31. The number of Topliss-reactive ketones (excluding diaryl/α,β-unsaturated/α-hetero) is 1. The van der Waals surface area contributed by atoms with E-state index in [9.17, 15) is 4.79 Å². The van der Waals surface area contributed by atoms with Crippen LogP contribution in [-0.2, 0) is 17.6 Å². The van der Waals surface area contributed by atoms with E-state index in [4.69, 9.17) is 0 Å². The molecule has 106 valence electrons. The summed E-state index contributed by atoms with van der Waals surface area (Å²) in [4.78, 5) is 11.8. The van der Waals surface area contributed by atoms with E-state index in [0.717, 1.165) is 18.4 Å². The third-order valence-corrected chi connectivity index (χ3v) is 4.00. The van der Waals surface area contributed by atoms with Crippen LogP contribution in [0.15, 0.2) is 48.5 Å². The Balaban J connectivity index is 1.90. The molecule has 0 spiro atoms. The number of hydrogen-bond acceptors (Lipinski definition) is 1. The highest BCUT2D eigenvalue weighted by molar-refractivity contribution is 5.82. The Hall–Kier alpha value is -2.15. The molecular weight excluding hydrogens is 256 g/mol. The minimum absolute atomic E-state index is 0.328. The summed E-state index contributed by atoms with van der Waals surface area (Å²) in [5, 5.41) is 0. The van der Waals surface area contributed by atoms with Crippen LogP contribution in [-0.4, -0.2) is 5.78 Å². The van der Waals surface area contributed by atoms with E-state index in [1.54, 1.807) is 0 Å². The van der Waals surface area contributed by atoms with Crippen LogP contribution in [0.25, 0.3) is 17.2 Å². The number of carbonyl (C=O) groups is 1. The Morgan fingerprint density at radius 2 is 2.00 bits per heavy atom. The third kappa shape index (κ3) is 2.97. The largest absolute Gasteiger partial charge is 0.299 e. The zero-order chi connectivity index (χ0) is 14.7. The molecule has 2 aromatic rings. The lowest BCUT2D eigenvalue weighted by Gasteiger charge is -2.10. The first-order chi connectivity index (χ1) is 10.3. The van der Waals surface area contributed by atoms with Crippen molar-refractivity contribution in [2.75, 3.05) is 0 Å². The lowest BCUT2D eigenvalue weighted by atomic mass is 9.94. The van der Waals surface area contributed by atoms with Gasteiger partial charge in [0.25, 0.3) is 0 Å². The first-order valence-corrected chi connectivity index (χ1v) is 7.67. The van der Waals surface area contributed by atoms with Gasteiger partial charge in [0.1, 0.15) is 5.78 Å². The van der Waals surface area contributed by atoms with Gasteiger partial charge in [0, 0.05) is 12.8 Å². The van der Waals surface area contributed by atoms with Crippen molar-refractivity contribution in [1.82, 2.24) is 0 Å². The summed E-state index contributed by atoms with van der Waals surface area (Å²) in [6.07, 6.45) is 7.56. The van der Waals surface area contributed by atoms with Crippen LogP contribution in [0.4, 0.5) is 0 Å². The molecule has 21 heavy (non-hydrogen) atoms. The Labute approximate surface area is 126 Å². The second-order valence-electron chi connectivity index (χ2n) is 5.65. The summed E-state index contributed by atoms with van der Waals surface area (Å²) < 4.78 is 0. The Kier molecular flexibility index (Phi) is 4.01. The summed E-state index contributed by atoms with van der Waals surface area (Å²) in [5.74, 6) is 0.328. The van der Waals surface area contributed by atoms with Gasteiger partial charge in [-0.05, 0) is 40.7 Å². The molecule has 0 saturated carbocycles. The van der Waals surface area contributed by atoms with Crippen LogP contribution >= 0.6 is 0 Å². The molecule has 2 aromatic carbocycles. The molecule has 0 N–H and O–H groups in total. The third-order valence-electron chi connectivity index (χ3n) is 4.00. The summed E-state index contributed by atoms with van der Waals surface area (Å²) in [6.45, 7) is 2.05. The van der Waals surface area contributed by atoms with E-state index >= 15 is 0 Å².